The molecule has 0 bridgehead atoms. The number of amides is 2. The highest BCUT2D eigenvalue weighted by Gasteiger charge is 2.47. The highest BCUT2D eigenvalue weighted by Crippen LogP contribution is 2.52. The van der Waals surface area contributed by atoms with E-state index in [-0.39, 0.29) is 100 Å². The highest BCUT2D eigenvalue weighted by molar-refractivity contribution is 7.78. The van der Waals surface area contributed by atoms with Crippen molar-refractivity contribution in [3.8, 4) is 46.7 Å². The van der Waals surface area contributed by atoms with E-state index in [0.29, 0.717) is 48.2 Å². The summed E-state index contributed by atoms with van der Waals surface area (Å²) in [7, 11) is 3.62. The molecule has 2 aliphatic heterocycles. The molecule has 0 radical (unpaired) electrons. The molecule has 688 valence electrons. The normalized spacial score (nSPS) is 16.3. The molecule has 0 spiro atoms. The smallest absolute Gasteiger partial charge is 0.330 e. The number of aromatic amines is 2. The second-order valence-corrected chi connectivity index (χ2v) is 34.9. The van der Waals surface area contributed by atoms with Gasteiger partial charge in [-0.2, -0.15) is 0 Å². The number of methoxy groups -OCH3 is 4. The standard InChI is InChI=1S/C50H56N5O9P.C41H39N3O8.C9H18ClN2OP/c1-35(2)55(36(3)4)65(62-30-29-51-5)64-44-32-47(54-33-38(48(57)53-49(54)58)17-14-28-52-46(56)31-37-15-10-8-11-16-37)63-45(44)34-61-50(39-18-12-9-13-19-39,40-20-24-42(59-6)25-21-40)41-22-26-43(60-7)27-23-41;1-49-33-19-15-31(16-20-33)41(30-13-7-4-8-14-30,32-17-21-34(50-2)22-18-32)51-27-36-35(45)25-38(52-36)44-26-29(39(47)43-40(44)48)12-9-23-42-37(46)24-28-10-5-3-6-11-28;1-8(2)12(9(3)4)14(10)13-7-6-11-5/h8-13,15-16,18-27,33,35-36,44-45,47H,28-32,34H2,1-4,6-7H3,(H,52,56)(H,53,57,58);3-8,10-11,13-22,26,35-36,38,45H,23-25,27H2,1-2H3,(H,42,46)(H,43,47,48);8-9H,6-7H2,1-4H3/t44-,45-,47-,65?;35-,36-,38-;/m11./s1. The number of H-pyrrole nitrogens is 2. The minimum Gasteiger partial charge on any atom is -0.497 e. The number of hydrogen-bond acceptors (Lipinski definition) is 20. The van der Waals surface area contributed by atoms with E-state index in [4.69, 9.17) is 75.9 Å². The third-order valence-electron chi connectivity index (χ3n) is 21.3. The van der Waals surface area contributed by atoms with Crippen LogP contribution in [0.1, 0.15) is 136 Å². The molecular formula is C100H113ClN10O18P2. The van der Waals surface area contributed by atoms with Crippen molar-refractivity contribution in [3.63, 3.8) is 0 Å². The van der Waals surface area contributed by atoms with Crippen molar-refractivity contribution in [2.24, 2.45) is 0 Å². The van der Waals surface area contributed by atoms with Crippen LogP contribution in [0.15, 0.2) is 250 Å². The molecule has 0 aliphatic carbocycles. The summed E-state index contributed by atoms with van der Waals surface area (Å²) in [6.07, 6.45) is -1.87. The molecule has 2 fully saturated rings. The minimum atomic E-state index is -1.75. The summed E-state index contributed by atoms with van der Waals surface area (Å²) in [5.41, 5.74) is 1.59. The van der Waals surface area contributed by atoms with Crippen LogP contribution >= 0.6 is 27.4 Å². The van der Waals surface area contributed by atoms with Crippen LogP contribution in [0.25, 0.3) is 9.69 Å². The Morgan fingerprint density at radius 2 is 0.832 bits per heavy atom. The van der Waals surface area contributed by atoms with Gasteiger partial charge in [-0.3, -0.25) is 38.3 Å². The average molecular weight is 1840 g/mol. The number of aromatic nitrogens is 4. The van der Waals surface area contributed by atoms with Crippen LogP contribution < -0.4 is 52.1 Å². The molecule has 12 rings (SSSR count). The van der Waals surface area contributed by atoms with Crippen molar-refractivity contribution < 1.29 is 66.2 Å². The first-order chi connectivity index (χ1) is 63.3. The van der Waals surface area contributed by atoms with Crippen molar-refractivity contribution in [1.82, 2.24) is 39.1 Å². The number of halogens is 1. The lowest BCUT2D eigenvalue weighted by Crippen LogP contribution is -2.39. The Labute approximate surface area is 772 Å². The quantitative estimate of drug-likeness (QED) is 0.00789. The molecule has 28 nitrogen and oxygen atoms in total. The summed E-state index contributed by atoms with van der Waals surface area (Å²) in [5, 5.41) is 16.7. The van der Waals surface area contributed by atoms with Crippen molar-refractivity contribution >= 4 is 39.2 Å². The number of ether oxygens (including phenoxy) is 8. The number of benzene rings is 8. The first kappa shape index (κ1) is 101. The minimum absolute atomic E-state index is 0.00778. The Morgan fingerprint density at radius 3 is 1.19 bits per heavy atom. The van der Waals surface area contributed by atoms with Gasteiger partial charge in [0.2, 0.25) is 32.6 Å². The number of aliphatic hydroxyl groups excluding tert-OH is 1. The van der Waals surface area contributed by atoms with E-state index >= 15 is 0 Å². The lowest BCUT2D eigenvalue weighted by Gasteiger charge is -2.39. The fourth-order valence-corrected chi connectivity index (χ4v) is 19.2. The monoisotopic (exact) mass is 1840 g/mol. The van der Waals surface area contributed by atoms with Gasteiger partial charge >= 0.3 is 11.4 Å². The number of aliphatic hydroxyl groups is 1. The highest BCUT2D eigenvalue weighted by atomic mass is 35.7. The zero-order valence-electron chi connectivity index (χ0n) is 75.5. The van der Waals surface area contributed by atoms with Gasteiger partial charge < -0.3 is 76.9 Å². The van der Waals surface area contributed by atoms with E-state index in [1.807, 2.05) is 218 Å². The van der Waals surface area contributed by atoms with Crippen LogP contribution in [0.2, 0.25) is 0 Å². The van der Waals surface area contributed by atoms with Crippen LogP contribution in [0, 0.1) is 36.8 Å². The largest absolute Gasteiger partial charge is 0.497 e. The van der Waals surface area contributed by atoms with Gasteiger partial charge in [-0.15, -0.1) is 0 Å². The Hall–Kier alpha value is -11.9. The molecule has 2 aromatic heterocycles. The third-order valence-corrected chi connectivity index (χ3v) is 26.0. The van der Waals surface area contributed by atoms with E-state index in [2.05, 4.69) is 119 Å². The predicted molar refractivity (Wildman–Crippen MR) is 506 cm³/mol. The van der Waals surface area contributed by atoms with Gasteiger partial charge in [-0.1, -0.05) is 194 Å². The van der Waals surface area contributed by atoms with Crippen molar-refractivity contribution in [2.75, 3.05) is 81.0 Å². The molecule has 2 aliphatic rings. The molecule has 2 saturated heterocycles. The zero-order valence-corrected chi connectivity index (χ0v) is 78.1. The van der Waals surface area contributed by atoms with Crippen LogP contribution in [-0.2, 0) is 66.2 Å². The summed E-state index contributed by atoms with van der Waals surface area (Å²) in [5.74, 6) is 13.4. The Kier molecular flexibility index (Phi) is 39.0. The predicted octanol–water partition coefficient (Wildman–Crippen LogP) is 14.7. The molecule has 31 heteroatoms. The van der Waals surface area contributed by atoms with Crippen LogP contribution in [0.4, 0.5) is 0 Å². The first-order valence-electron chi connectivity index (χ1n) is 43.0. The van der Waals surface area contributed by atoms with Crippen LogP contribution in [-0.4, -0.2) is 175 Å². The van der Waals surface area contributed by atoms with E-state index in [9.17, 15) is 33.9 Å². The van der Waals surface area contributed by atoms with Crippen LogP contribution in [0.5, 0.6) is 23.0 Å². The third kappa shape index (κ3) is 27.6. The molecule has 2 amide bonds. The van der Waals surface area contributed by atoms with E-state index < -0.39 is 86.7 Å². The molecule has 8 aromatic carbocycles. The molecular weight excluding hydrogens is 1730 g/mol. The van der Waals surface area contributed by atoms with Gasteiger partial charge in [0.1, 0.15) is 83.2 Å². The second kappa shape index (κ2) is 50.5. The van der Waals surface area contributed by atoms with Gasteiger partial charge in [0, 0.05) is 49.4 Å². The molecule has 10 aromatic rings. The molecule has 131 heavy (non-hydrogen) atoms. The molecule has 5 N–H and O–H groups in total. The number of carbonyl (C=O) groups excluding carboxylic acids is 2. The summed E-state index contributed by atoms with van der Waals surface area (Å²) < 4.78 is 74.6. The van der Waals surface area contributed by atoms with Gasteiger partial charge in [-0.05, 0) is 160 Å². The summed E-state index contributed by atoms with van der Waals surface area (Å²) in [6, 6.07) is 69.6. The summed E-state index contributed by atoms with van der Waals surface area (Å²) >= 11 is 6.14. The molecule has 8 atom stereocenters. The van der Waals surface area contributed by atoms with Crippen molar-refractivity contribution in [1.29, 1.82) is 0 Å². The maximum absolute atomic E-state index is 13.6. The molecule has 2 unspecified atom stereocenters. The van der Waals surface area contributed by atoms with Crippen molar-refractivity contribution in [2.45, 2.75) is 153 Å². The maximum Gasteiger partial charge on any atom is 0.330 e. The van der Waals surface area contributed by atoms with E-state index in [1.165, 1.54) is 21.5 Å². The summed E-state index contributed by atoms with van der Waals surface area (Å²) in [6.45, 7) is 31.6. The fourth-order valence-electron chi connectivity index (χ4n) is 15.2. The number of rotatable bonds is 38. The van der Waals surface area contributed by atoms with Gasteiger partial charge in [0.15, 0.2) is 0 Å². The molecule has 0 saturated carbocycles. The number of nitrogens with one attached hydrogen (secondary N) is 4. The van der Waals surface area contributed by atoms with E-state index in [1.54, 1.807) is 28.4 Å². The number of nitrogens with zero attached hydrogens (tertiary/aromatic N) is 6. The number of carbonyl (C=O) groups is 2. The Bertz CT molecular complexity index is 5650. The lowest BCUT2D eigenvalue weighted by molar-refractivity contribution is -0.121. The maximum atomic E-state index is 13.6. The lowest BCUT2D eigenvalue weighted by atomic mass is 9.80. The van der Waals surface area contributed by atoms with Gasteiger partial charge in [0.25, 0.3) is 19.6 Å². The van der Waals surface area contributed by atoms with Crippen LogP contribution in [0.3, 0.4) is 0 Å². The van der Waals surface area contributed by atoms with E-state index in [0.717, 1.165) is 44.5 Å². The number of hydrogen-bond donors (Lipinski definition) is 5. The Balaban J connectivity index is 0.000000241. The Morgan fingerprint density at radius 1 is 0.496 bits per heavy atom. The topological polar surface area (TPSA) is 305 Å². The SMILES string of the molecule is COc1ccc(C(OC[C@H]2O[C@@H](n3cc(C#CCNC(=O)Cc4ccccc4)c(=O)[nH]c3=O)C[C@H]2O)(c2ccccc2)c2ccc(OC)cc2)cc1.[C-]#[N+]CCOP(Cl)N(C(C)C)C(C)C.[C-]#[N+]CCOP(O[C@@H]1C[C@H](n2cc(C#CCNC(=O)Cc3ccccc3)c(=O)[nH]c2=O)O[C@@H]1COC(c1ccccc1)(c1ccc(OC)cc1)c1ccc(OC)cc1)N(C(C)C)C(C)C. The van der Waals surface area contributed by atoms with Gasteiger partial charge in [0.05, 0.1) is 79.8 Å². The van der Waals surface area contributed by atoms with Crippen molar-refractivity contribution in [3.05, 3.63) is 351 Å². The zero-order chi connectivity index (χ0) is 94.0. The second-order valence-electron chi connectivity index (χ2n) is 31.5. The van der Waals surface area contributed by atoms with Gasteiger partial charge in [-0.25, -0.2) is 32.1 Å². The summed E-state index contributed by atoms with van der Waals surface area (Å²) in [4.78, 5) is 88.5. The fraction of sp³-hybridized carbons (Fsp3) is 0.360. The average Bonchev–Trinajstić information content (AvgIpc) is 0.969. The first-order valence-corrected chi connectivity index (χ1v) is 46.2. The molecule has 4 heterocycles.